The summed E-state index contributed by atoms with van der Waals surface area (Å²) in [6.07, 6.45) is 4.44. The highest BCUT2D eigenvalue weighted by Gasteiger charge is 2.07. The van der Waals surface area contributed by atoms with E-state index in [1.54, 1.807) is 29.1 Å². The molecule has 0 aliphatic carbocycles. The first kappa shape index (κ1) is 12.0. The molecule has 0 aliphatic heterocycles. The number of hydrogen-bond acceptors (Lipinski definition) is 6. The van der Waals surface area contributed by atoms with Crippen molar-refractivity contribution in [3.8, 4) is 0 Å². The van der Waals surface area contributed by atoms with Gasteiger partial charge >= 0.3 is 0 Å². The van der Waals surface area contributed by atoms with Crippen LogP contribution >= 0.6 is 11.3 Å². The second-order valence-electron chi connectivity index (χ2n) is 3.48. The van der Waals surface area contributed by atoms with Crippen molar-refractivity contribution in [1.29, 1.82) is 0 Å². The fourth-order valence-electron chi connectivity index (χ4n) is 1.22. The van der Waals surface area contributed by atoms with Gasteiger partial charge in [-0.1, -0.05) is 0 Å². The van der Waals surface area contributed by atoms with Crippen LogP contribution in [0, 0.1) is 0 Å². The number of aromatic nitrogens is 2. The molecule has 2 aromatic heterocycles. The molecule has 2 heterocycles. The van der Waals surface area contributed by atoms with Gasteiger partial charge in [-0.3, -0.25) is 4.98 Å². The number of nitrogens with zero attached hydrogens (tertiary/aromatic N) is 2. The Morgan fingerprint density at radius 3 is 2.71 bits per heavy atom. The Morgan fingerprint density at radius 2 is 2.18 bits per heavy atom. The number of pyridine rings is 1. The van der Waals surface area contributed by atoms with Crippen molar-refractivity contribution >= 4 is 26.9 Å². The maximum atomic E-state index is 11.2. The molecule has 0 saturated heterocycles. The Kier molecular flexibility index (Phi) is 3.39. The van der Waals surface area contributed by atoms with Crippen molar-refractivity contribution in [2.24, 2.45) is 0 Å². The molecule has 90 valence electrons. The van der Waals surface area contributed by atoms with E-state index < -0.39 is 9.84 Å². The summed E-state index contributed by atoms with van der Waals surface area (Å²) in [4.78, 5) is 8.96. The van der Waals surface area contributed by atoms with Gasteiger partial charge in [-0.25, -0.2) is 13.4 Å². The Hall–Kier alpha value is -1.47. The van der Waals surface area contributed by atoms with Gasteiger partial charge < -0.3 is 5.32 Å². The Balaban J connectivity index is 2.04. The lowest BCUT2D eigenvalue weighted by Gasteiger charge is -2.04. The number of hydrogen-bond donors (Lipinski definition) is 1. The minimum Gasteiger partial charge on any atom is -0.379 e. The lowest BCUT2D eigenvalue weighted by atomic mass is 10.4. The van der Waals surface area contributed by atoms with Gasteiger partial charge in [0.1, 0.15) is 0 Å². The molecule has 0 spiro atoms. The first-order chi connectivity index (χ1) is 8.05. The molecule has 0 bridgehead atoms. The summed E-state index contributed by atoms with van der Waals surface area (Å²) in [5.41, 5.74) is 2.55. The third-order valence-electron chi connectivity index (χ3n) is 2.07. The van der Waals surface area contributed by atoms with Gasteiger partial charge in [-0.05, 0) is 12.1 Å². The van der Waals surface area contributed by atoms with Crippen LogP contribution in [0.5, 0.6) is 0 Å². The van der Waals surface area contributed by atoms with Crippen LogP contribution < -0.4 is 5.32 Å². The van der Waals surface area contributed by atoms with Gasteiger partial charge in [0.2, 0.25) is 0 Å². The van der Waals surface area contributed by atoms with E-state index in [0.717, 1.165) is 16.8 Å². The smallest absolute Gasteiger partial charge is 0.192 e. The van der Waals surface area contributed by atoms with Gasteiger partial charge in [0, 0.05) is 17.3 Å². The van der Waals surface area contributed by atoms with Crippen LogP contribution in [0.4, 0.5) is 5.69 Å². The number of nitrogens with one attached hydrogen (secondary N) is 1. The van der Waals surface area contributed by atoms with Crippen LogP contribution in [0.2, 0.25) is 0 Å². The van der Waals surface area contributed by atoms with Crippen LogP contribution in [0.25, 0.3) is 0 Å². The van der Waals surface area contributed by atoms with Crippen molar-refractivity contribution in [3.05, 3.63) is 34.9 Å². The van der Waals surface area contributed by atoms with E-state index in [0.29, 0.717) is 6.54 Å². The topological polar surface area (TPSA) is 72.0 Å². The zero-order valence-corrected chi connectivity index (χ0v) is 10.8. The van der Waals surface area contributed by atoms with Crippen LogP contribution in [0.3, 0.4) is 0 Å². The molecule has 0 saturated carbocycles. The third-order valence-corrected chi connectivity index (χ3v) is 3.85. The summed E-state index contributed by atoms with van der Waals surface area (Å²) < 4.78 is 22.4. The van der Waals surface area contributed by atoms with Gasteiger partial charge in [0.05, 0.1) is 23.9 Å². The van der Waals surface area contributed by atoms with E-state index in [-0.39, 0.29) is 5.03 Å². The van der Waals surface area contributed by atoms with Crippen molar-refractivity contribution in [1.82, 2.24) is 9.97 Å². The normalized spacial score (nSPS) is 11.4. The lowest BCUT2D eigenvalue weighted by molar-refractivity contribution is 0.598. The molecule has 0 fully saturated rings. The first-order valence-corrected chi connectivity index (χ1v) is 7.60. The maximum Gasteiger partial charge on any atom is 0.192 e. The summed E-state index contributed by atoms with van der Waals surface area (Å²) in [7, 11) is -3.22. The van der Waals surface area contributed by atoms with Gasteiger partial charge in [-0.2, -0.15) is 0 Å². The van der Waals surface area contributed by atoms with E-state index >= 15 is 0 Å². The molecule has 0 aromatic carbocycles. The molecular formula is C10H11N3O2S2. The molecule has 0 atom stereocenters. The van der Waals surface area contributed by atoms with E-state index in [9.17, 15) is 8.42 Å². The number of anilines is 1. The monoisotopic (exact) mass is 269 g/mol. The predicted octanol–water partition coefficient (Wildman–Crippen LogP) is 1.55. The Morgan fingerprint density at radius 1 is 1.35 bits per heavy atom. The molecule has 2 aromatic rings. The molecule has 0 unspecified atom stereocenters. The average molecular weight is 269 g/mol. The van der Waals surface area contributed by atoms with Crippen LogP contribution in [0.15, 0.2) is 35.1 Å². The Bertz CT molecular complexity index is 577. The van der Waals surface area contributed by atoms with Gasteiger partial charge in [0.25, 0.3) is 0 Å². The standard InChI is InChI=1S/C10H11N3O2S2/c1-17(14,15)10-3-2-8(4-13-10)12-6-9-5-11-7-16-9/h2-5,7,12H,6H2,1H3. The van der Waals surface area contributed by atoms with Crippen LogP contribution in [-0.4, -0.2) is 24.6 Å². The third kappa shape index (κ3) is 3.24. The molecule has 1 N–H and O–H groups in total. The maximum absolute atomic E-state index is 11.2. The van der Waals surface area contributed by atoms with Crippen LogP contribution in [-0.2, 0) is 16.4 Å². The summed E-state index contributed by atoms with van der Waals surface area (Å²) in [5, 5.41) is 3.22. The van der Waals surface area contributed by atoms with Gasteiger partial charge in [-0.15, -0.1) is 11.3 Å². The number of sulfone groups is 1. The summed E-state index contributed by atoms with van der Waals surface area (Å²) in [5.74, 6) is 0. The van der Waals surface area contributed by atoms with E-state index in [2.05, 4.69) is 15.3 Å². The summed E-state index contributed by atoms with van der Waals surface area (Å²) in [6.45, 7) is 0.657. The molecule has 17 heavy (non-hydrogen) atoms. The quantitative estimate of drug-likeness (QED) is 0.911. The molecule has 7 heteroatoms. The molecule has 0 amide bonds. The summed E-state index contributed by atoms with van der Waals surface area (Å²) in [6, 6.07) is 3.19. The minimum absolute atomic E-state index is 0.0841. The zero-order chi connectivity index (χ0) is 12.3. The van der Waals surface area contributed by atoms with Crippen molar-refractivity contribution in [2.75, 3.05) is 11.6 Å². The van der Waals surface area contributed by atoms with Crippen LogP contribution in [0.1, 0.15) is 4.88 Å². The largest absolute Gasteiger partial charge is 0.379 e. The SMILES string of the molecule is CS(=O)(=O)c1ccc(NCc2cncs2)cn1. The highest BCUT2D eigenvalue weighted by Crippen LogP contribution is 2.13. The predicted molar refractivity (Wildman–Crippen MR) is 66.8 cm³/mol. The lowest BCUT2D eigenvalue weighted by Crippen LogP contribution is -2.02. The highest BCUT2D eigenvalue weighted by molar-refractivity contribution is 7.90. The molecular weight excluding hydrogens is 258 g/mol. The van der Waals surface area contributed by atoms with Crippen molar-refractivity contribution in [2.45, 2.75) is 11.6 Å². The van der Waals surface area contributed by atoms with E-state index in [4.69, 9.17) is 0 Å². The van der Waals surface area contributed by atoms with Crippen molar-refractivity contribution < 1.29 is 8.42 Å². The molecule has 5 nitrogen and oxygen atoms in total. The number of rotatable bonds is 4. The molecule has 0 radical (unpaired) electrons. The minimum atomic E-state index is -3.22. The zero-order valence-electron chi connectivity index (χ0n) is 9.12. The second kappa shape index (κ2) is 4.80. The second-order valence-corrected chi connectivity index (χ2v) is 6.41. The molecule has 0 aliphatic rings. The van der Waals surface area contributed by atoms with Gasteiger partial charge in [0.15, 0.2) is 14.9 Å². The highest BCUT2D eigenvalue weighted by atomic mass is 32.2. The fourth-order valence-corrected chi connectivity index (χ4v) is 2.32. The molecule has 2 rings (SSSR count). The fraction of sp³-hybridized carbons (Fsp3) is 0.200. The average Bonchev–Trinajstić information content (AvgIpc) is 2.78. The van der Waals surface area contributed by atoms with Crippen molar-refractivity contribution in [3.63, 3.8) is 0 Å². The first-order valence-electron chi connectivity index (χ1n) is 4.83. The van der Waals surface area contributed by atoms with E-state index in [1.807, 2.05) is 0 Å². The summed E-state index contributed by atoms with van der Waals surface area (Å²) >= 11 is 1.56. The Labute approximate surface area is 103 Å². The van der Waals surface area contributed by atoms with E-state index in [1.165, 1.54) is 12.3 Å². The number of thiazole rings is 1.